The van der Waals surface area contributed by atoms with Crippen LogP contribution in [0.15, 0.2) is 24.3 Å². The second kappa shape index (κ2) is 6.59. The largest absolute Gasteiger partial charge is 0.318 e. The van der Waals surface area contributed by atoms with Crippen LogP contribution < -0.4 is 10.6 Å². The second-order valence-electron chi connectivity index (χ2n) is 4.15. The normalized spacial score (nSPS) is 12.7. The smallest absolute Gasteiger partial charge is 0.0164 e. The van der Waals surface area contributed by atoms with Crippen LogP contribution in [0.5, 0.6) is 0 Å². The lowest BCUT2D eigenvalue weighted by molar-refractivity contribution is 0.526. The average Bonchev–Trinajstić information content (AvgIpc) is 2.18. The third-order valence-corrected chi connectivity index (χ3v) is 2.50. The molecule has 1 aromatic rings. The van der Waals surface area contributed by atoms with Crippen molar-refractivity contribution in [2.45, 2.75) is 26.3 Å². The lowest BCUT2D eigenvalue weighted by Gasteiger charge is -2.12. The molecule has 0 aliphatic heterocycles. The Morgan fingerprint density at radius 2 is 2.13 bits per heavy atom. The molecule has 84 valence electrons. The van der Waals surface area contributed by atoms with Gasteiger partial charge in [-0.15, -0.1) is 0 Å². The summed E-state index contributed by atoms with van der Waals surface area (Å²) in [4.78, 5) is 0. The number of hydrogen-bond donors (Lipinski definition) is 2. The van der Waals surface area contributed by atoms with Crippen LogP contribution in [0.25, 0.3) is 0 Å². The number of likely N-dealkylation sites (N-methyl/N-ethyl adjacent to an activating group) is 1. The third-order valence-electron chi connectivity index (χ3n) is 2.50. The summed E-state index contributed by atoms with van der Waals surface area (Å²) in [6, 6.07) is 9.25. The number of aryl methyl sites for hydroxylation is 1. The van der Waals surface area contributed by atoms with Crippen molar-refractivity contribution >= 4 is 0 Å². The van der Waals surface area contributed by atoms with Crippen molar-refractivity contribution in [3.8, 4) is 0 Å². The number of benzene rings is 1. The Labute approximate surface area is 93.1 Å². The molecule has 1 unspecified atom stereocenters. The first-order chi connectivity index (χ1) is 7.22. The summed E-state index contributed by atoms with van der Waals surface area (Å²) in [6.45, 7) is 6.41. The highest BCUT2D eigenvalue weighted by molar-refractivity contribution is 5.22. The van der Waals surface area contributed by atoms with E-state index < -0.39 is 0 Å². The van der Waals surface area contributed by atoms with Crippen molar-refractivity contribution in [2.24, 2.45) is 0 Å². The Kier molecular flexibility index (Phi) is 5.37. The molecule has 0 amide bonds. The van der Waals surface area contributed by atoms with Gasteiger partial charge in [0.05, 0.1) is 0 Å². The van der Waals surface area contributed by atoms with E-state index in [1.807, 2.05) is 7.05 Å². The molecule has 1 rings (SSSR count). The van der Waals surface area contributed by atoms with E-state index in [2.05, 4.69) is 48.7 Å². The van der Waals surface area contributed by atoms with Gasteiger partial charge in [0.25, 0.3) is 0 Å². The summed E-state index contributed by atoms with van der Waals surface area (Å²) < 4.78 is 0. The Bertz CT molecular complexity index is 284. The molecule has 0 saturated heterocycles. The molecule has 0 heterocycles. The fourth-order valence-electron chi connectivity index (χ4n) is 1.71. The topological polar surface area (TPSA) is 24.1 Å². The third kappa shape index (κ3) is 4.96. The number of rotatable bonds is 6. The molecule has 0 aliphatic carbocycles. The zero-order valence-electron chi connectivity index (χ0n) is 10.0. The van der Waals surface area contributed by atoms with Crippen LogP contribution in [0.3, 0.4) is 0 Å². The zero-order chi connectivity index (χ0) is 11.1. The van der Waals surface area contributed by atoms with Crippen LogP contribution in [0, 0.1) is 6.92 Å². The van der Waals surface area contributed by atoms with Gasteiger partial charge in [0, 0.05) is 12.6 Å². The first-order valence-electron chi connectivity index (χ1n) is 5.66. The van der Waals surface area contributed by atoms with E-state index in [0.29, 0.717) is 6.04 Å². The van der Waals surface area contributed by atoms with Crippen LogP contribution in [-0.4, -0.2) is 26.2 Å². The first-order valence-corrected chi connectivity index (χ1v) is 5.66. The molecule has 0 radical (unpaired) electrons. The number of hydrogen-bond acceptors (Lipinski definition) is 2. The minimum Gasteiger partial charge on any atom is -0.318 e. The maximum absolute atomic E-state index is 3.49. The average molecular weight is 206 g/mol. The van der Waals surface area contributed by atoms with E-state index in [4.69, 9.17) is 0 Å². The molecule has 2 N–H and O–H groups in total. The minimum atomic E-state index is 0.541. The lowest BCUT2D eigenvalue weighted by atomic mass is 10.1. The van der Waals surface area contributed by atoms with Crippen LogP contribution in [-0.2, 0) is 6.42 Å². The predicted molar refractivity (Wildman–Crippen MR) is 66.3 cm³/mol. The number of nitrogens with one attached hydrogen (secondary N) is 2. The molecule has 0 aromatic heterocycles. The SMILES string of the molecule is CNCC(C)NCCc1cccc(C)c1. The predicted octanol–water partition coefficient (Wildman–Crippen LogP) is 1.74. The maximum Gasteiger partial charge on any atom is 0.0164 e. The van der Waals surface area contributed by atoms with Crippen LogP contribution in [0.2, 0.25) is 0 Å². The van der Waals surface area contributed by atoms with Crippen molar-refractivity contribution in [3.05, 3.63) is 35.4 Å². The molecular formula is C13H22N2. The van der Waals surface area contributed by atoms with Crippen molar-refractivity contribution in [1.82, 2.24) is 10.6 Å². The van der Waals surface area contributed by atoms with Gasteiger partial charge < -0.3 is 10.6 Å². The summed E-state index contributed by atoms with van der Waals surface area (Å²) in [5.74, 6) is 0. The van der Waals surface area contributed by atoms with Gasteiger partial charge >= 0.3 is 0 Å². The molecule has 2 heteroatoms. The van der Waals surface area contributed by atoms with Gasteiger partial charge in [-0.25, -0.2) is 0 Å². The van der Waals surface area contributed by atoms with E-state index in [0.717, 1.165) is 19.5 Å². The molecule has 0 aliphatic rings. The molecule has 1 aromatic carbocycles. The summed E-state index contributed by atoms with van der Waals surface area (Å²) in [7, 11) is 1.98. The first kappa shape index (κ1) is 12.2. The van der Waals surface area contributed by atoms with E-state index in [1.165, 1.54) is 11.1 Å². The molecule has 0 fully saturated rings. The molecule has 0 saturated carbocycles. The van der Waals surface area contributed by atoms with Crippen molar-refractivity contribution in [3.63, 3.8) is 0 Å². The van der Waals surface area contributed by atoms with E-state index in [9.17, 15) is 0 Å². The van der Waals surface area contributed by atoms with Gasteiger partial charge in [0.2, 0.25) is 0 Å². The summed E-state index contributed by atoms with van der Waals surface area (Å²) in [6.07, 6.45) is 1.11. The highest BCUT2D eigenvalue weighted by atomic mass is 15.0. The quantitative estimate of drug-likeness (QED) is 0.741. The Morgan fingerprint density at radius 3 is 2.80 bits per heavy atom. The Morgan fingerprint density at radius 1 is 1.33 bits per heavy atom. The van der Waals surface area contributed by atoms with Gasteiger partial charge in [-0.2, -0.15) is 0 Å². The molecular weight excluding hydrogens is 184 g/mol. The van der Waals surface area contributed by atoms with E-state index in [-0.39, 0.29) is 0 Å². The maximum atomic E-state index is 3.49. The highest BCUT2D eigenvalue weighted by Gasteiger charge is 1.98. The summed E-state index contributed by atoms with van der Waals surface area (Å²) in [5.41, 5.74) is 2.76. The summed E-state index contributed by atoms with van der Waals surface area (Å²) >= 11 is 0. The molecule has 0 bridgehead atoms. The Hall–Kier alpha value is -0.860. The molecule has 2 nitrogen and oxygen atoms in total. The lowest BCUT2D eigenvalue weighted by Crippen LogP contribution is -2.35. The standard InChI is InChI=1S/C13H22N2/c1-11-5-4-6-13(9-11)7-8-15-12(2)10-14-3/h4-6,9,12,14-15H,7-8,10H2,1-3H3. The van der Waals surface area contributed by atoms with Crippen LogP contribution in [0.4, 0.5) is 0 Å². The second-order valence-corrected chi connectivity index (χ2v) is 4.15. The van der Waals surface area contributed by atoms with Gasteiger partial charge in [-0.05, 0) is 39.4 Å². The summed E-state index contributed by atoms with van der Waals surface area (Å²) in [5, 5.41) is 6.65. The van der Waals surface area contributed by atoms with Crippen molar-refractivity contribution < 1.29 is 0 Å². The van der Waals surface area contributed by atoms with Crippen LogP contribution >= 0.6 is 0 Å². The van der Waals surface area contributed by atoms with Crippen LogP contribution in [0.1, 0.15) is 18.1 Å². The van der Waals surface area contributed by atoms with Gasteiger partial charge in [0.1, 0.15) is 0 Å². The monoisotopic (exact) mass is 206 g/mol. The fourth-order valence-corrected chi connectivity index (χ4v) is 1.71. The van der Waals surface area contributed by atoms with E-state index in [1.54, 1.807) is 0 Å². The Balaban J connectivity index is 2.25. The minimum absolute atomic E-state index is 0.541. The highest BCUT2D eigenvalue weighted by Crippen LogP contribution is 2.03. The van der Waals surface area contributed by atoms with Crippen molar-refractivity contribution in [2.75, 3.05) is 20.1 Å². The van der Waals surface area contributed by atoms with Gasteiger partial charge in [-0.3, -0.25) is 0 Å². The molecule has 0 spiro atoms. The fraction of sp³-hybridized carbons (Fsp3) is 0.538. The van der Waals surface area contributed by atoms with Gasteiger partial charge in [0.15, 0.2) is 0 Å². The van der Waals surface area contributed by atoms with Gasteiger partial charge in [-0.1, -0.05) is 29.8 Å². The van der Waals surface area contributed by atoms with E-state index >= 15 is 0 Å². The zero-order valence-corrected chi connectivity index (χ0v) is 10.0. The molecule has 1 atom stereocenters. The molecule has 15 heavy (non-hydrogen) atoms. The van der Waals surface area contributed by atoms with Crippen molar-refractivity contribution in [1.29, 1.82) is 0 Å².